The van der Waals surface area contributed by atoms with E-state index in [1.165, 1.54) is 35.1 Å². The molecule has 0 bridgehead atoms. The summed E-state index contributed by atoms with van der Waals surface area (Å²) in [6.07, 6.45) is 2.49. The lowest BCUT2D eigenvalue weighted by Crippen LogP contribution is -2.17. The van der Waals surface area contributed by atoms with Gasteiger partial charge in [0.1, 0.15) is 10.8 Å². The van der Waals surface area contributed by atoms with Crippen LogP contribution in [-0.2, 0) is 17.6 Å². The van der Waals surface area contributed by atoms with Gasteiger partial charge >= 0.3 is 5.97 Å². The Bertz CT molecular complexity index is 1080. The average Bonchev–Trinajstić information content (AvgIpc) is 3.11. The van der Waals surface area contributed by atoms with Crippen LogP contribution < -0.4 is 5.32 Å². The van der Waals surface area contributed by atoms with Crippen molar-refractivity contribution in [2.75, 3.05) is 11.9 Å². The van der Waals surface area contributed by atoms with E-state index >= 15 is 0 Å². The molecule has 0 spiro atoms. The van der Waals surface area contributed by atoms with Crippen molar-refractivity contribution in [2.24, 2.45) is 0 Å². The Morgan fingerprint density at radius 3 is 2.70 bits per heavy atom. The van der Waals surface area contributed by atoms with Gasteiger partial charge in [0.05, 0.1) is 12.2 Å². The van der Waals surface area contributed by atoms with Crippen LogP contribution in [0.5, 0.6) is 0 Å². The lowest BCUT2D eigenvalue weighted by Gasteiger charge is -2.23. The molecule has 1 heterocycles. The second-order valence-corrected chi connectivity index (χ2v) is 8.35. The Morgan fingerprint density at radius 1 is 1.17 bits per heavy atom. The number of amides is 1. The highest BCUT2D eigenvalue weighted by Gasteiger charge is 2.31. The summed E-state index contributed by atoms with van der Waals surface area (Å²) in [6.45, 7) is 2.01. The monoisotopic (exact) mass is 423 g/mol. The molecule has 3 aromatic rings. The molecule has 0 unspecified atom stereocenters. The van der Waals surface area contributed by atoms with Crippen molar-refractivity contribution in [3.8, 4) is 0 Å². The fourth-order valence-electron chi connectivity index (χ4n) is 3.91. The van der Waals surface area contributed by atoms with Gasteiger partial charge < -0.3 is 10.1 Å². The number of esters is 1. The lowest BCUT2D eigenvalue weighted by molar-refractivity contribution is 0.0526. The van der Waals surface area contributed by atoms with E-state index in [0.29, 0.717) is 16.5 Å². The fourth-order valence-corrected chi connectivity index (χ4v) is 5.22. The molecule has 4 rings (SSSR count). The predicted molar refractivity (Wildman–Crippen MR) is 116 cm³/mol. The van der Waals surface area contributed by atoms with Crippen LogP contribution in [0.1, 0.15) is 56.0 Å². The summed E-state index contributed by atoms with van der Waals surface area (Å²) in [6, 6.07) is 15.8. The third kappa shape index (κ3) is 4.14. The van der Waals surface area contributed by atoms with Gasteiger partial charge in [-0.15, -0.1) is 11.3 Å². The first-order valence-corrected chi connectivity index (χ1v) is 10.8. The molecule has 0 radical (unpaired) electrons. The van der Waals surface area contributed by atoms with E-state index in [9.17, 15) is 14.0 Å². The minimum Gasteiger partial charge on any atom is -0.462 e. The van der Waals surface area contributed by atoms with Crippen molar-refractivity contribution in [1.29, 1.82) is 0 Å². The molecule has 1 aliphatic rings. The van der Waals surface area contributed by atoms with Crippen molar-refractivity contribution in [1.82, 2.24) is 0 Å². The number of rotatable bonds is 5. The Labute approximate surface area is 178 Å². The van der Waals surface area contributed by atoms with Crippen molar-refractivity contribution < 1.29 is 18.7 Å². The van der Waals surface area contributed by atoms with Crippen LogP contribution in [0.2, 0.25) is 0 Å². The van der Waals surface area contributed by atoms with E-state index in [1.54, 1.807) is 13.0 Å². The third-order valence-electron chi connectivity index (χ3n) is 5.33. The maximum atomic E-state index is 13.5. The minimum absolute atomic E-state index is 0.207. The van der Waals surface area contributed by atoms with Gasteiger partial charge in [0, 0.05) is 10.4 Å². The largest absolute Gasteiger partial charge is 0.462 e. The van der Waals surface area contributed by atoms with Crippen molar-refractivity contribution in [3.05, 3.63) is 87.5 Å². The standard InChI is InChI=1S/C24H22FNO3S/c1-2-29-24(28)21-19-12-11-16(15-7-4-3-5-8-15)14-20(19)30-23(21)26-22(27)17-9-6-10-18(25)13-17/h3-10,13,16H,2,11-12,14H2,1H3,(H,26,27)/t16-/m1/s1. The highest BCUT2D eigenvalue weighted by molar-refractivity contribution is 7.17. The second kappa shape index (κ2) is 8.79. The zero-order valence-electron chi connectivity index (χ0n) is 16.6. The molecule has 6 heteroatoms. The van der Waals surface area contributed by atoms with Crippen LogP contribution in [-0.4, -0.2) is 18.5 Å². The number of carbonyl (C=O) groups excluding carboxylic acids is 2. The van der Waals surface area contributed by atoms with Gasteiger partial charge in [0.25, 0.3) is 5.91 Å². The summed E-state index contributed by atoms with van der Waals surface area (Å²) in [4.78, 5) is 26.5. The number of thiophene rings is 1. The van der Waals surface area contributed by atoms with Gasteiger partial charge in [-0.05, 0) is 61.4 Å². The molecule has 4 nitrogen and oxygen atoms in total. The third-order valence-corrected chi connectivity index (χ3v) is 6.50. The smallest absolute Gasteiger partial charge is 0.341 e. The van der Waals surface area contributed by atoms with Gasteiger partial charge in [-0.1, -0.05) is 36.4 Å². The first-order valence-electron chi connectivity index (χ1n) is 10.00. The maximum absolute atomic E-state index is 13.5. The minimum atomic E-state index is -0.482. The van der Waals surface area contributed by atoms with E-state index in [1.807, 2.05) is 18.2 Å². The highest BCUT2D eigenvalue weighted by atomic mass is 32.1. The molecule has 1 aliphatic carbocycles. The van der Waals surface area contributed by atoms with Gasteiger partial charge in [-0.2, -0.15) is 0 Å². The van der Waals surface area contributed by atoms with Crippen molar-refractivity contribution >= 4 is 28.2 Å². The summed E-state index contributed by atoms with van der Waals surface area (Å²) in [5.41, 5.74) is 2.88. The second-order valence-electron chi connectivity index (χ2n) is 7.24. The molecule has 1 N–H and O–H groups in total. The lowest BCUT2D eigenvalue weighted by atomic mass is 9.83. The molecule has 0 saturated carbocycles. The van der Waals surface area contributed by atoms with Gasteiger partial charge in [0.2, 0.25) is 0 Å². The molecule has 0 fully saturated rings. The summed E-state index contributed by atoms with van der Waals surface area (Å²) >= 11 is 1.42. The van der Waals surface area contributed by atoms with Crippen LogP contribution in [0.15, 0.2) is 54.6 Å². The van der Waals surface area contributed by atoms with Gasteiger partial charge in [0.15, 0.2) is 0 Å². The molecule has 1 amide bonds. The van der Waals surface area contributed by atoms with Crippen LogP contribution in [0.25, 0.3) is 0 Å². The number of ether oxygens (including phenoxy) is 1. The number of halogens is 1. The quantitative estimate of drug-likeness (QED) is 0.545. The number of hydrogen-bond donors (Lipinski definition) is 1. The van der Waals surface area contributed by atoms with Crippen LogP contribution in [0, 0.1) is 5.82 Å². The molecule has 0 saturated heterocycles. The molecular weight excluding hydrogens is 401 g/mol. The van der Waals surface area contributed by atoms with Gasteiger partial charge in [-0.25, -0.2) is 9.18 Å². The molecular formula is C24H22FNO3S. The molecule has 154 valence electrons. The highest BCUT2D eigenvalue weighted by Crippen LogP contribution is 2.43. The van der Waals surface area contributed by atoms with Crippen LogP contribution >= 0.6 is 11.3 Å². The van der Waals surface area contributed by atoms with E-state index in [-0.39, 0.29) is 12.2 Å². The zero-order chi connectivity index (χ0) is 21.1. The molecule has 1 atom stereocenters. The topological polar surface area (TPSA) is 55.4 Å². The van der Waals surface area contributed by atoms with Crippen LogP contribution in [0.3, 0.4) is 0 Å². The normalized spacial score (nSPS) is 15.3. The summed E-state index contributed by atoms with van der Waals surface area (Å²) in [5, 5.41) is 3.29. The molecule has 0 aliphatic heterocycles. The number of fused-ring (bicyclic) bond motifs is 1. The number of hydrogen-bond acceptors (Lipinski definition) is 4. The summed E-state index contributed by atoms with van der Waals surface area (Å²) < 4.78 is 18.8. The number of carbonyl (C=O) groups is 2. The van der Waals surface area contributed by atoms with Crippen molar-refractivity contribution in [3.63, 3.8) is 0 Å². The van der Waals surface area contributed by atoms with E-state index in [0.717, 1.165) is 29.7 Å². The Morgan fingerprint density at radius 2 is 1.97 bits per heavy atom. The predicted octanol–water partition coefficient (Wildman–Crippen LogP) is 5.59. The van der Waals surface area contributed by atoms with E-state index < -0.39 is 17.7 Å². The molecule has 2 aromatic carbocycles. The van der Waals surface area contributed by atoms with E-state index in [2.05, 4.69) is 17.4 Å². The Hall–Kier alpha value is -2.99. The maximum Gasteiger partial charge on any atom is 0.341 e. The molecule has 30 heavy (non-hydrogen) atoms. The SMILES string of the molecule is CCOC(=O)c1c(NC(=O)c2cccc(F)c2)sc2c1CC[C@@H](c1ccccc1)C2. The van der Waals surface area contributed by atoms with Crippen molar-refractivity contribution in [2.45, 2.75) is 32.1 Å². The number of anilines is 1. The van der Waals surface area contributed by atoms with Gasteiger partial charge in [-0.3, -0.25) is 4.79 Å². The first-order chi connectivity index (χ1) is 14.6. The number of nitrogens with one attached hydrogen (secondary N) is 1. The summed E-state index contributed by atoms with van der Waals surface area (Å²) in [7, 11) is 0. The first kappa shape index (κ1) is 20.3. The van der Waals surface area contributed by atoms with Crippen LogP contribution in [0.4, 0.5) is 9.39 Å². The fraction of sp³-hybridized carbons (Fsp3) is 0.250. The van der Waals surface area contributed by atoms with E-state index in [4.69, 9.17) is 4.74 Å². The summed E-state index contributed by atoms with van der Waals surface area (Å²) in [5.74, 6) is -0.982. The Balaban J connectivity index is 1.66. The average molecular weight is 424 g/mol. The number of benzene rings is 2. The molecule has 1 aromatic heterocycles. The zero-order valence-corrected chi connectivity index (χ0v) is 17.4. The Kier molecular flexibility index (Phi) is 5.95.